The lowest BCUT2D eigenvalue weighted by Gasteiger charge is -2.18. The first-order chi connectivity index (χ1) is 12.7. The summed E-state index contributed by atoms with van der Waals surface area (Å²) in [5.41, 5.74) is 3.51. The predicted octanol–water partition coefficient (Wildman–Crippen LogP) is 0.887. The summed E-state index contributed by atoms with van der Waals surface area (Å²) in [6.07, 6.45) is 4.76. The van der Waals surface area contributed by atoms with Gasteiger partial charge < -0.3 is 15.4 Å². The summed E-state index contributed by atoms with van der Waals surface area (Å²) in [6.45, 7) is 3.41. The number of hydrogen-bond donors (Lipinski definition) is 3. The molecule has 0 unspecified atom stereocenters. The Balaban J connectivity index is 1.48. The normalized spacial score (nSPS) is 15.0. The van der Waals surface area contributed by atoms with Gasteiger partial charge in [0.05, 0.1) is 29.7 Å². The minimum absolute atomic E-state index is 0.0778. The second-order valence-corrected chi connectivity index (χ2v) is 6.53. The number of pyridine rings is 1. The number of nitrogens with one attached hydrogen (secondary N) is 2. The second-order valence-electron chi connectivity index (χ2n) is 6.53. The van der Waals surface area contributed by atoms with E-state index in [4.69, 9.17) is 5.11 Å². The summed E-state index contributed by atoms with van der Waals surface area (Å²) in [4.78, 5) is 22.1. The number of hydrogen-bond acceptors (Lipinski definition) is 5. The zero-order chi connectivity index (χ0) is 17.9. The van der Waals surface area contributed by atoms with E-state index in [1.807, 2.05) is 23.1 Å². The fraction of sp³-hybridized carbons (Fsp3) is 0.389. The number of nitrogens with zero attached hydrogens (tertiary/aromatic N) is 4. The van der Waals surface area contributed by atoms with Gasteiger partial charge >= 0.3 is 0 Å². The smallest absolute Gasteiger partial charge is 0.271 e. The molecule has 0 fully saturated rings. The molecule has 0 spiro atoms. The first-order valence-electron chi connectivity index (χ1n) is 8.83. The predicted molar refractivity (Wildman–Crippen MR) is 96.5 cm³/mol. The molecule has 0 aliphatic carbocycles. The third-order valence-electron chi connectivity index (χ3n) is 4.60. The SMILES string of the molecule is O=C(NCCO)c1cc2n(n1)CCCN(Cc1cc3cc[nH]c3cn1)C2. The monoisotopic (exact) mass is 354 g/mol. The maximum atomic E-state index is 12.1. The van der Waals surface area contributed by atoms with Crippen molar-refractivity contribution in [2.75, 3.05) is 19.7 Å². The molecule has 1 aliphatic rings. The van der Waals surface area contributed by atoms with Crippen molar-refractivity contribution in [3.05, 3.63) is 47.7 Å². The van der Waals surface area contributed by atoms with Crippen LogP contribution in [0.1, 0.15) is 28.3 Å². The second kappa shape index (κ2) is 7.27. The fourth-order valence-electron chi connectivity index (χ4n) is 3.35. The number of aromatic nitrogens is 4. The van der Waals surface area contributed by atoms with E-state index in [0.29, 0.717) is 5.69 Å². The van der Waals surface area contributed by atoms with Crippen molar-refractivity contribution in [1.82, 2.24) is 30.0 Å². The average molecular weight is 354 g/mol. The average Bonchev–Trinajstić information content (AvgIpc) is 3.22. The first-order valence-corrected chi connectivity index (χ1v) is 8.83. The van der Waals surface area contributed by atoms with E-state index in [-0.39, 0.29) is 19.1 Å². The van der Waals surface area contributed by atoms with Crippen molar-refractivity contribution in [2.24, 2.45) is 0 Å². The lowest BCUT2D eigenvalue weighted by molar-refractivity contribution is 0.0939. The Bertz CT molecular complexity index is 915. The maximum Gasteiger partial charge on any atom is 0.271 e. The highest BCUT2D eigenvalue weighted by atomic mass is 16.3. The molecule has 3 aromatic rings. The van der Waals surface area contributed by atoms with Crippen molar-refractivity contribution < 1.29 is 9.90 Å². The van der Waals surface area contributed by atoms with Crippen LogP contribution in [0.3, 0.4) is 0 Å². The first kappa shape index (κ1) is 16.7. The number of amides is 1. The molecule has 8 heteroatoms. The van der Waals surface area contributed by atoms with Crippen LogP contribution in [0, 0.1) is 0 Å². The minimum Gasteiger partial charge on any atom is -0.395 e. The van der Waals surface area contributed by atoms with Crippen LogP contribution >= 0.6 is 0 Å². The molecule has 0 bridgehead atoms. The van der Waals surface area contributed by atoms with Gasteiger partial charge in [0.2, 0.25) is 0 Å². The molecule has 1 amide bonds. The molecule has 1 aliphatic heterocycles. The number of aromatic amines is 1. The molecule has 0 atom stereocenters. The van der Waals surface area contributed by atoms with Crippen LogP contribution in [-0.2, 0) is 19.6 Å². The van der Waals surface area contributed by atoms with Crippen LogP contribution < -0.4 is 5.32 Å². The molecule has 0 aromatic carbocycles. The van der Waals surface area contributed by atoms with Crippen LogP contribution in [0.15, 0.2) is 30.6 Å². The van der Waals surface area contributed by atoms with E-state index >= 15 is 0 Å². The summed E-state index contributed by atoms with van der Waals surface area (Å²) in [5, 5.41) is 17.1. The molecule has 26 heavy (non-hydrogen) atoms. The van der Waals surface area contributed by atoms with Gasteiger partial charge in [0, 0.05) is 44.3 Å². The van der Waals surface area contributed by atoms with Gasteiger partial charge in [-0.15, -0.1) is 0 Å². The standard InChI is InChI=1S/C18H22N6O2/c25-7-4-20-18(26)16-9-15-12-23(5-1-6-24(15)22-16)11-14-8-13-2-3-19-17(13)10-21-14/h2-3,8-10,19,25H,1,4-7,11-12H2,(H,20,26). The highest BCUT2D eigenvalue weighted by Crippen LogP contribution is 2.18. The van der Waals surface area contributed by atoms with E-state index in [9.17, 15) is 4.79 Å². The number of fused-ring (bicyclic) bond motifs is 2. The number of rotatable bonds is 5. The summed E-state index contributed by atoms with van der Waals surface area (Å²) in [7, 11) is 0. The number of carbonyl (C=O) groups is 1. The lowest BCUT2D eigenvalue weighted by Crippen LogP contribution is -2.27. The van der Waals surface area contributed by atoms with Crippen molar-refractivity contribution in [3.8, 4) is 0 Å². The van der Waals surface area contributed by atoms with Crippen molar-refractivity contribution in [3.63, 3.8) is 0 Å². The molecular weight excluding hydrogens is 332 g/mol. The molecule has 3 N–H and O–H groups in total. The summed E-state index contributed by atoms with van der Waals surface area (Å²) in [6, 6.07) is 6.00. The zero-order valence-electron chi connectivity index (χ0n) is 14.5. The minimum atomic E-state index is -0.245. The number of aliphatic hydroxyl groups is 1. The zero-order valence-corrected chi connectivity index (χ0v) is 14.5. The molecule has 4 heterocycles. The maximum absolute atomic E-state index is 12.1. The molecule has 8 nitrogen and oxygen atoms in total. The Morgan fingerprint density at radius 1 is 1.35 bits per heavy atom. The third kappa shape index (κ3) is 3.47. The Morgan fingerprint density at radius 3 is 3.15 bits per heavy atom. The Hall–Kier alpha value is -2.71. The number of H-pyrrole nitrogens is 1. The molecule has 136 valence electrons. The van der Waals surface area contributed by atoms with Gasteiger partial charge in [0.1, 0.15) is 5.69 Å². The van der Waals surface area contributed by atoms with E-state index in [0.717, 1.165) is 54.9 Å². The highest BCUT2D eigenvalue weighted by Gasteiger charge is 2.19. The van der Waals surface area contributed by atoms with Gasteiger partial charge in [-0.1, -0.05) is 0 Å². The Morgan fingerprint density at radius 2 is 2.27 bits per heavy atom. The molecular formula is C18H22N6O2. The molecule has 0 saturated carbocycles. The van der Waals surface area contributed by atoms with Crippen LogP contribution in [0.4, 0.5) is 0 Å². The number of aliphatic hydroxyl groups excluding tert-OH is 1. The summed E-state index contributed by atoms with van der Waals surface area (Å²) in [5.74, 6) is -0.245. The number of carbonyl (C=O) groups excluding carboxylic acids is 1. The van der Waals surface area contributed by atoms with E-state index in [2.05, 4.69) is 37.4 Å². The summed E-state index contributed by atoms with van der Waals surface area (Å²) < 4.78 is 1.91. The Labute approximate surface area is 150 Å². The van der Waals surface area contributed by atoms with Crippen LogP contribution in [-0.4, -0.2) is 55.4 Å². The van der Waals surface area contributed by atoms with Crippen molar-refractivity contribution in [2.45, 2.75) is 26.1 Å². The third-order valence-corrected chi connectivity index (χ3v) is 4.60. The topological polar surface area (TPSA) is 99.1 Å². The number of aryl methyl sites for hydroxylation is 1. The fourth-order valence-corrected chi connectivity index (χ4v) is 3.35. The van der Waals surface area contributed by atoms with Gasteiger partial charge in [0.25, 0.3) is 5.91 Å². The summed E-state index contributed by atoms with van der Waals surface area (Å²) >= 11 is 0. The molecule has 4 rings (SSSR count). The molecule has 0 radical (unpaired) electrons. The lowest BCUT2D eigenvalue weighted by atomic mass is 10.2. The molecule has 3 aromatic heterocycles. The Kier molecular flexibility index (Phi) is 4.68. The van der Waals surface area contributed by atoms with Gasteiger partial charge in [-0.3, -0.25) is 19.4 Å². The van der Waals surface area contributed by atoms with Gasteiger partial charge in [0.15, 0.2) is 0 Å². The largest absolute Gasteiger partial charge is 0.395 e. The van der Waals surface area contributed by atoms with Gasteiger partial charge in [-0.25, -0.2) is 0 Å². The van der Waals surface area contributed by atoms with Gasteiger partial charge in [-0.05, 0) is 24.6 Å². The highest BCUT2D eigenvalue weighted by molar-refractivity contribution is 5.92. The van der Waals surface area contributed by atoms with Crippen LogP contribution in [0.2, 0.25) is 0 Å². The molecule has 0 saturated heterocycles. The van der Waals surface area contributed by atoms with Crippen LogP contribution in [0.5, 0.6) is 0 Å². The van der Waals surface area contributed by atoms with Gasteiger partial charge in [-0.2, -0.15) is 5.10 Å². The van der Waals surface area contributed by atoms with Crippen molar-refractivity contribution >= 4 is 16.8 Å². The van der Waals surface area contributed by atoms with Crippen molar-refractivity contribution in [1.29, 1.82) is 0 Å². The quantitative estimate of drug-likeness (QED) is 0.632. The van der Waals surface area contributed by atoms with E-state index in [1.165, 1.54) is 0 Å². The van der Waals surface area contributed by atoms with E-state index < -0.39 is 0 Å². The van der Waals surface area contributed by atoms with Crippen LogP contribution in [0.25, 0.3) is 10.9 Å². The van der Waals surface area contributed by atoms with E-state index in [1.54, 1.807) is 0 Å².